The average molecular weight is 506 g/mol. The van der Waals surface area contributed by atoms with E-state index in [1.165, 1.54) is 11.8 Å². The summed E-state index contributed by atoms with van der Waals surface area (Å²) in [4.78, 5) is 13.0. The molecule has 1 aromatic heterocycles. The number of Topliss-reactive ketones (excluding diaryl/α,β-unsaturated/α-hetero) is 1. The number of ether oxygens (including phenoxy) is 4. The van der Waals surface area contributed by atoms with E-state index in [0.29, 0.717) is 39.5 Å². The largest absolute Gasteiger partial charge is 0.497 e. The van der Waals surface area contributed by atoms with Gasteiger partial charge in [-0.25, -0.2) is 0 Å². The van der Waals surface area contributed by atoms with Crippen molar-refractivity contribution in [3.05, 3.63) is 84.2 Å². The molecule has 4 aromatic rings. The highest BCUT2D eigenvalue weighted by Crippen LogP contribution is 2.31. The Hall–Kier alpha value is -3.98. The Kier molecular flexibility index (Phi) is 8.12. The Morgan fingerprint density at radius 1 is 0.861 bits per heavy atom. The molecule has 0 aliphatic heterocycles. The Balaban J connectivity index is 1.58. The number of para-hydroxylation sites is 1. The predicted octanol–water partition coefficient (Wildman–Crippen LogP) is 5.41. The maximum Gasteiger partial charge on any atom is 0.196 e. The predicted molar refractivity (Wildman–Crippen MR) is 138 cm³/mol. The lowest BCUT2D eigenvalue weighted by Crippen LogP contribution is -2.12. The van der Waals surface area contributed by atoms with Crippen LogP contribution in [-0.2, 0) is 0 Å². The molecule has 0 saturated carbocycles. The Labute approximate surface area is 214 Å². The number of hydrogen-bond donors (Lipinski definition) is 0. The van der Waals surface area contributed by atoms with Gasteiger partial charge in [0.25, 0.3) is 0 Å². The highest BCUT2D eigenvalue weighted by atomic mass is 32.2. The molecule has 1 heterocycles. The molecule has 9 heteroatoms. The van der Waals surface area contributed by atoms with Crippen LogP contribution in [0.4, 0.5) is 0 Å². The van der Waals surface area contributed by atoms with Crippen molar-refractivity contribution < 1.29 is 23.7 Å². The second-order valence-electron chi connectivity index (χ2n) is 7.73. The SMILES string of the molecule is COc1cccc(OC(C)c2nnc(SCC(=O)c3ccc(OC)c(OC)c3)n2-c2ccccc2)c1. The fourth-order valence-corrected chi connectivity index (χ4v) is 4.47. The highest BCUT2D eigenvalue weighted by Gasteiger charge is 2.22. The molecule has 0 radical (unpaired) electrons. The van der Waals surface area contributed by atoms with E-state index in [-0.39, 0.29) is 11.5 Å². The van der Waals surface area contributed by atoms with Gasteiger partial charge in [-0.15, -0.1) is 10.2 Å². The summed E-state index contributed by atoms with van der Waals surface area (Å²) in [6.45, 7) is 1.91. The summed E-state index contributed by atoms with van der Waals surface area (Å²) in [7, 11) is 4.71. The van der Waals surface area contributed by atoms with E-state index < -0.39 is 6.10 Å². The Bertz CT molecular complexity index is 1330. The lowest BCUT2D eigenvalue weighted by atomic mass is 10.1. The Morgan fingerprint density at radius 2 is 1.61 bits per heavy atom. The fourth-order valence-electron chi connectivity index (χ4n) is 3.61. The number of rotatable bonds is 11. The summed E-state index contributed by atoms with van der Waals surface area (Å²) in [6.07, 6.45) is -0.416. The first-order chi connectivity index (χ1) is 17.5. The van der Waals surface area contributed by atoms with Gasteiger partial charge in [-0.3, -0.25) is 9.36 Å². The molecule has 0 saturated heterocycles. The first-order valence-corrected chi connectivity index (χ1v) is 12.2. The zero-order valence-electron chi connectivity index (χ0n) is 20.5. The molecule has 36 heavy (non-hydrogen) atoms. The van der Waals surface area contributed by atoms with Crippen molar-refractivity contribution in [2.75, 3.05) is 27.1 Å². The van der Waals surface area contributed by atoms with E-state index in [1.807, 2.05) is 66.1 Å². The topological polar surface area (TPSA) is 84.7 Å². The van der Waals surface area contributed by atoms with Gasteiger partial charge in [0.05, 0.1) is 27.1 Å². The molecule has 8 nitrogen and oxygen atoms in total. The third kappa shape index (κ3) is 5.63. The molecule has 3 aromatic carbocycles. The molecule has 186 valence electrons. The molecular weight excluding hydrogens is 478 g/mol. The first kappa shape index (κ1) is 25.1. The monoisotopic (exact) mass is 505 g/mol. The minimum Gasteiger partial charge on any atom is -0.497 e. The quantitative estimate of drug-likeness (QED) is 0.198. The normalized spacial score (nSPS) is 11.6. The van der Waals surface area contributed by atoms with Crippen LogP contribution >= 0.6 is 11.8 Å². The summed E-state index contributed by atoms with van der Waals surface area (Å²) in [5.41, 5.74) is 1.40. The van der Waals surface area contributed by atoms with Crippen LogP contribution in [-0.4, -0.2) is 47.6 Å². The molecule has 4 rings (SSSR count). The van der Waals surface area contributed by atoms with Gasteiger partial charge in [-0.05, 0) is 49.4 Å². The maximum absolute atomic E-state index is 13.0. The lowest BCUT2D eigenvalue weighted by molar-refractivity contribution is 0.102. The standard InChI is InChI=1S/C27H27N3O5S/c1-18(35-22-12-8-11-21(16-22)32-2)26-28-29-27(30(26)20-9-6-5-7-10-20)36-17-23(31)19-13-14-24(33-3)25(15-19)34-4/h5-16,18H,17H2,1-4H3. The smallest absolute Gasteiger partial charge is 0.196 e. The van der Waals surface area contributed by atoms with Gasteiger partial charge in [0.15, 0.2) is 34.4 Å². The third-order valence-corrected chi connectivity index (χ3v) is 6.36. The van der Waals surface area contributed by atoms with Crippen LogP contribution < -0.4 is 18.9 Å². The number of hydrogen-bond acceptors (Lipinski definition) is 8. The number of benzene rings is 3. The van der Waals surface area contributed by atoms with Gasteiger partial charge in [0, 0.05) is 17.3 Å². The van der Waals surface area contributed by atoms with Crippen molar-refractivity contribution in [2.45, 2.75) is 18.2 Å². The molecule has 0 aliphatic rings. The van der Waals surface area contributed by atoms with E-state index in [1.54, 1.807) is 39.5 Å². The number of nitrogens with zero attached hydrogens (tertiary/aromatic N) is 3. The maximum atomic E-state index is 13.0. The average Bonchev–Trinajstić information content (AvgIpc) is 3.36. The van der Waals surface area contributed by atoms with Crippen molar-refractivity contribution in [1.82, 2.24) is 14.8 Å². The number of ketones is 1. The number of aromatic nitrogens is 3. The fraction of sp³-hybridized carbons (Fsp3) is 0.222. The number of carbonyl (C=O) groups excluding carboxylic acids is 1. The van der Waals surface area contributed by atoms with Crippen LogP contribution in [0.5, 0.6) is 23.0 Å². The van der Waals surface area contributed by atoms with Crippen LogP contribution in [0.15, 0.2) is 78.0 Å². The zero-order valence-corrected chi connectivity index (χ0v) is 21.3. The van der Waals surface area contributed by atoms with Crippen LogP contribution in [0.1, 0.15) is 29.2 Å². The summed E-state index contributed by atoms with van der Waals surface area (Å²) in [5.74, 6) is 3.16. The summed E-state index contributed by atoms with van der Waals surface area (Å²) < 4.78 is 24.0. The molecule has 0 amide bonds. The molecule has 0 bridgehead atoms. The van der Waals surface area contributed by atoms with Gasteiger partial charge >= 0.3 is 0 Å². The van der Waals surface area contributed by atoms with Gasteiger partial charge in [0.1, 0.15) is 11.5 Å². The van der Waals surface area contributed by atoms with Gasteiger partial charge in [-0.2, -0.15) is 0 Å². The number of carbonyl (C=O) groups is 1. The third-order valence-electron chi connectivity index (χ3n) is 5.43. The summed E-state index contributed by atoms with van der Waals surface area (Å²) >= 11 is 1.31. The molecule has 1 unspecified atom stereocenters. The molecule has 0 aliphatic carbocycles. The first-order valence-electron chi connectivity index (χ1n) is 11.2. The summed E-state index contributed by atoms with van der Waals surface area (Å²) in [5, 5.41) is 9.40. The number of methoxy groups -OCH3 is 3. The van der Waals surface area contributed by atoms with Crippen LogP contribution in [0, 0.1) is 0 Å². The van der Waals surface area contributed by atoms with E-state index in [0.717, 1.165) is 5.69 Å². The van der Waals surface area contributed by atoms with Crippen LogP contribution in [0.3, 0.4) is 0 Å². The molecule has 1 atom stereocenters. The van der Waals surface area contributed by atoms with Crippen LogP contribution in [0.25, 0.3) is 5.69 Å². The number of thioether (sulfide) groups is 1. The molecule has 0 fully saturated rings. The highest BCUT2D eigenvalue weighted by molar-refractivity contribution is 7.99. The van der Waals surface area contributed by atoms with E-state index in [9.17, 15) is 4.79 Å². The molecular formula is C27H27N3O5S. The van der Waals surface area contributed by atoms with Crippen molar-refractivity contribution >= 4 is 17.5 Å². The second kappa shape index (κ2) is 11.6. The second-order valence-corrected chi connectivity index (χ2v) is 8.67. The van der Waals surface area contributed by atoms with Crippen molar-refractivity contribution in [3.63, 3.8) is 0 Å². The van der Waals surface area contributed by atoms with Crippen molar-refractivity contribution in [2.24, 2.45) is 0 Å². The van der Waals surface area contributed by atoms with Gasteiger partial charge in [-0.1, -0.05) is 36.0 Å². The molecule has 0 N–H and O–H groups in total. The molecule has 0 spiro atoms. The van der Waals surface area contributed by atoms with Crippen molar-refractivity contribution in [1.29, 1.82) is 0 Å². The van der Waals surface area contributed by atoms with E-state index in [2.05, 4.69) is 10.2 Å². The minimum absolute atomic E-state index is 0.0641. The van der Waals surface area contributed by atoms with E-state index >= 15 is 0 Å². The van der Waals surface area contributed by atoms with Crippen molar-refractivity contribution in [3.8, 4) is 28.7 Å². The zero-order chi connectivity index (χ0) is 25.5. The minimum atomic E-state index is -0.416. The van der Waals surface area contributed by atoms with E-state index in [4.69, 9.17) is 18.9 Å². The lowest BCUT2D eigenvalue weighted by Gasteiger charge is -2.17. The van der Waals surface area contributed by atoms with Gasteiger partial charge < -0.3 is 18.9 Å². The van der Waals surface area contributed by atoms with Gasteiger partial charge in [0.2, 0.25) is 0 Å². The Morgan fingerprint density at radius 3 is 2.33 bits per heavy atom. The van der Waals surface area contributed by atoms with Crippen LogP contribution in [0.2, 0.25) is 0 Å². The summed E-state index contributed by atoms with van der Waals surface area (Å²) in [6, 6.07) is 22.3.